The van der Waals surface area contributed by atoms with Gasteiger partial charge in [-0.15, -0.1) is 0 Å². The van der Waals surface area contributed by atoms with Crippen LogP contribution in [0.15, 0.2) is 42.7 Å². The Morgan fingerprint density at radius 2 is 1.68 bits per heavy atom. The molecule has 0 unspecified atom stereocenters. The summed E-state index contributed by atoms with van der Waals surface area (Å²) in [5, 5.41) is 11.0. The fourth-order valence-electron chi connectivity index (χ4n) is 6.08. The number of anilines is 1. The normalized spacial score (nSPS) is 28.4. The molecule has 1 aromatic heterocycles. The number of hydrogen-bond acceptors (Lipinski definition) is 6. The maximum Gasteiger partial charge on any atom is 0.327 e. The summed E-state index contributed by atoms with van der Waals surface area (Å²) in [6.45, 7) is 0.908. The molecule has 1 N–H and O–H groups in total. The fraction of sp³-hybridized carbons (Fsp3) is 0.577. The summed E-state index contributed by atoms with van der Waals surface area (Å²) in [6, 6.07) is 10.6. The van der Waals surface area contributed by atoms with Crippen molar-refractivity contribution in [2.75, 3.05) is 39.2 Å². The quantitative estimate of drug-likeness (QED) is 0.704. The molecule has 8 heteroatoms. The molecule has 2 saturated carbocycles. The standard InChI is InChI=1S/C26H35N5O3/c1-29(2)26(20-8-5-4-6-9-20)14-12-24(13-15-26)18-30(22-27-16-21(34-3)17-28-22)23(32)31(24)19-25(33)10-7-11-25/h4-6,8-9,16-17,33H,7,10-15,18-19H2,1-3H3. The smallest absolute Gasteiger partial charge is 0.327 e. The molecule has 1 aliphatic heterocycles. The molecule has 8 nitrogen and oxygen atoms in total. The Hall–Kier alpha value is -2.71. The number of β-amino-alcohol motifs (C(OH)–C–C–N with tert-alkyl or cyclic N) is 1. The molecule has 5 rings (SSSR count). The molecule has 2 amide bonds. The number of methoxy groups -OCH3 is 1. The molecule has 182 valence electrons. The van der Waals surface area contributed by atoms with Gasteiger partial charge in [0, 0.05) is 5.54 Å². The molecule has 0 bridgehead atoms. The van der Waals surface area contributed by atoms with Crippen LogP contribution in [-0.4, -0.2) is 76.3 Å². The van der Waals surface area contributed by atoms with E-state index in [2.05, 4.69) is 59.3 Å². The number of hydrogen-bond donors (Lipinski definition) is 1. The number of aliphatic hydroxyl groups is 1. The van der Waals surface area contributed by atoms with Crippen molar-refractivity contribution >= 4 is 12.0 Å². The maximum atomic E-state index is 13.7. The van der Waals surface area contributed by atoms with Crippen LogP contribution >= 0.6 is 0 Å². The van der Waals surface area contributed by atoms with E-state index < -0.39 is 5.60 Å². The Labute approximate surface area is 201 Å². The van der Waals surface area contributed by atoms with Crippen molar-refractivity contribution in [3.63, 3.8) is 0 Å². The van der Waals surface area contributed by atoms with E-state index >= 15 is 0 Å². The minimum absolute atomic E-state index is 0.0708. The van der Waals surface area contributed by atoms with E-state index in [4.69, 9.17) is 4.74 Å². The first-order valence-electron chi connectivity index (χ1n) is 12.2. The summed E-state index contributed by atoms with van der Waals surface area (Å²) >= 11 is 0. The van der Waals surface area contributed by atoms with Crippen molar-refractivity contribution in [1.82, 2.24) is 19.8 Å². The third kappa shape index (κ3) is 3.73. The van der Waals surface area contributed by atoms with Gasteiger partial charge in [0.25, 0.3) is 0 Å². The molecule has 3 aliphatic rings. The Kier molecular flexibility index (Phi) is 5.76. The van der Waals surface area contributed by atoms with Crippen molar-refractivity contribution in [1.29, 1.82) is 0 Å². The maximum absolute atomic E-state index is 13.7. The zero-order valence-corrected chi connectivity index (χ0v) is 20.4. The zero-order valence-electron chi connectivity index (χ0n) is 20.4. The Morgan fingerprint density at radius 1 is 1.03 bits per heavy atom. The fourth-order valence-corrected chi connectivity index (χ4v) is 6.08. The van der Waals surface area contributed by atoms with Gasteiger partial charge >= 0.3 is 6.03 Å². The molecular formula is C26H35N5O3. The van der Waals surface area contributed by atoms with Gasteiger partial charge in [-0.25, -0.2) is 14.8 Å². The van der Waals surface area contributed by atoms with Crippen molar-refractivity contribution in [2.24, 2.45) is 0 Å². The van der Waals surface area contributed by atoms with Crippen molar-refractivity contribution in [3.05, 3.63) is 48.3 Å². The Balaban J connectivity index is 1.46. The summed E-state index contributed by atoms with van der Waals surface area (Å²) in [7, 11) is 5.87. The van der Waals surface area contributed by atoms with Crippen molar-refractivity contribution in [2.45, 2.75) is 61.6 Å². The molecule has 2 heterocycles. The number of carbonyl (C=O) groups is 1. The minimum Gasteiger partial charge on any atom is -0.494 e. The van der Waals surface area contributed by atoms with Gasteiger partial charge in [-0.1, -0.05) is 30.3 Å². The van der Waals surface area contributed by atoms with E-state index in [0.717, 1.165) is 44.9 Å². The van der Waals surface area contributed by atoms with Crippen LogP contribution in [0.1, 0.15) is 50.5 Å². The van der Waals surface area contributed by atoms with Gasteiger partial charge in [0.2, 0.25) is 5.95 Å². The number of carbonyl (C=O) groups excluding carboxylic acids is 1. The average Bonchev–Trinajstić information content (AvgIpc) is 3.10. The Bertz CT molecular complexity index is 1010. The second-order valence-electron chi connectivity index (χ2n) is 10.5. The van der Waals surface area contributed by atoms with Crippen LogP contribution < -0.4 is 9.64 Å². The highest BCUT2D eigenvalue weighted by atomic mass is 16.5. The van der Waals surface area contributed by atoms with Gasteiger partial charge in [-0.2, -0.15) is 0 Å². The van der Waals surface area contributed by atoms with Crippen LogP contribution in [0.4, 0.5) is 10.7 Å². The molecule has 1 spiro atoms. The predicted molar refractivity (Wildman–Crippen MR) is 130 cm³/mol. The molecule has 3 fully saturated rings. The highest BCUT2D eigenvalue weighted by molar-refractivity contribution is 5.93. The number of amides is 2. The summed E-state index contributed by atoms with van der Waals surface area (Å²) in [6.07, 6.45) is 9.27. The first kappa shape index (κ1) is 23.1. The lowest BCUT2D eigenvalue weighted by atomic mass is 9.67. The number of benzene rings is 1. The molecule has 1 aromatic carbocycles. The Morgan fingerprint density at radius 3 is 2.21 bits per heavy atom. The number of aromatic nitrogens is 2. The summed E-state index contributed by atoms with van der Waals surface area (Å²) < 4.78 is 5.19. The number of nitrogens with zero attached hydrogens (tertiary/aromatic N) is 5. The largest absolute Gasteiger partial charge is 0.494 e. The van der Waals surface area contributed by atoms with Gasteiger partial charge in [0.05, 0.1) is 43.7 Å². The molecule has 2 aliphatic carbocycles. The number of rotatable bonds is 6. The lowest BCUT2D eigenvalue weighted by Crippen LogP contribution is -2.59. The molecule has 0 radical (unpaired) electrons. The van der Waals surface area contributed by atoms with Crippen LogP contribution in [0.2, 0.25) is 0 Å². The summed E-state index contributed by atoms with van der Waals surface area (Å²) in [4.78, 5) is 28.5. The van der Waals surface area contributed by atoms with Crippen LogP contribution in [0, 0.1) is 0 Å². The zero-order chi connectivity index (χ0) is 24.0. The molecule has 1 saturated heterocycles. The van der Waals surface area contributed by atoms with Crippen molar-refractivity contribution < 1.29 is 14.6 Å². The van der Waals surface area contributed by atoms with Crippen LogP contribution in [0.3, 0.4) is 0 Å². The molecular weight excluding hydrogens is 430 g/mol. The monoisotopic (exact) mass is 465 g/mol. The first-order valence-corrected chi connectivity index (χ1v) is 12.2. The average molecular weight is 466 g/mol. The van der Waals surface area contributed by atoms with Gasteiger partial charge in [-0.3, -0.25) is 9.80 Å². The topological polar surface area (TPSA) is 82.0 Å². The van der Waals surface area contributed by atoms with Crippen LogP contribution in [0.5, 0.6) is 5.75 Å². The predicted octanol–water partition coefficient (Wildman–Crippen LogP) is 3.41. The molecule has 0 atom stereocenters. The van der Waals surface area contributed by atoms with Crippen LogP contribution in [0.25, 0.3) is 0 Å². The van der Waals surface area contributed by atoms with Gasteiger partial charge in [0.1, 0.15) is 0 Å². The van der Waals surface area contributed by atoms with E-state index in [9.17, 15) is 9.90 Å². The summed E-state index contributed by atoms with van der Waals surface area (Å²) in [5.41, 5.74) is 0.117. The number of urea groups is 1. The SMILES string of the molecule is COc1cnc(N2CC3(CCC(c4ccccc4)(N(C)C)CC3)N(CC3(O)CCC3)C2=O)nc1. The van der Waals surface area contributed by atoms with E-state index in [1.165, 1.54) is 5.56 Å². The third-order valence-corrected chi connectivity index (χ3v) is 8.49. The third-order valence-electron chi connectivity index (χ3n) is 8.49. The second kappa shape index (κ2) is 8.50. The van der Waals surface area contributed by atoms with E-state index in [1.54, 1.807) is 24.4 Å². The first-order chi connectivity index (χ1) is 16.3. The van der Waals surface area contributed by atoms with Gasteiger partial charge in [0.15, 0.2) is 5.75 Å². The lowest BCUT2D eigenvalue weighted by Gasteiger charge is -2.52. The lowest BCUT2D eigenvalue weighted by molar-refractivity contribution is -0.0725. The molecule has 2 aromatic rings. The van der Waals surface area contributed by atoms with E-state index in [0.29, 0.717) is 24.8 Å². The highest BCUT2D eigenvalue weighted by Crippen LogP contribution is 2.50. The number of ether oxygens (including phenoxy) is 1. The van der Waals surface area contributed by atoms with Gasteiger partial charge < -0.3 is 14.7 Å². The van der Waals surface area contributed by atoms with Crippen molar-refractivity contribution in [3.8, 4) is 5.75 Å². The highest BCUT2D eigenvalue weighted by Gasteiger charge is 2.57. The van der Waals surface area contributed by atoms with Gasteiger partial charge in [-0.05, 0) is 64.6 Å². The van der Waals surface area contributed by atoms with E-state index in [1.807, 2.05) is 4.90 Å². The minimum atomic E-state index is -0.783. The van der Waals surface area contributed by atoms with E-state index in [-0.39, 0.29) is 17.1 Å². The van der Waals surface area contributed by atoms with Crippen LogP contribution in [-0.2, 0) is 5.54 Å². The summed E-state index contributed by atoms with van der Waals surface area (Å²) in [5.74, 6) is 0.947. The second-order valence-corrected chi connectivity index (χ2v) is 10.5. The molecule has 34 heavy (non-hydrogen) atoms.